The minimum absolute atomic E-state index is 0. The first-order valence-electron chi connectivity index (χ1n) is 8.63. The van der Waals surface area contributed by atoms with Crippen LogP contribution in [0.2, 0.25) is 0 Å². The van der Waals surface area contributed by atoms with Crippen molar-refractivity contribution < 1.29 is 13.2 Å². The number of halogens is 1. The highest BCUT2D eigenvalue weighted by Crippen LogP contribution is 2.07. The monoisotopic (exact) mass is 498 g/mol. The van der Waals surface area contributed by atoms with Crippen molar-refractivity contribution in [3.63, 3.8) is 0 Å². The smallest absolute Gasteiger partial charge is 0.213 e. The van der Waals surface area contributed by atoms with E-state index in [1.165, 1.54) is 4.31 Å². The van der Waals surface area contributed by atoms with Gasteiger partial charge in [0.2, 0.25) is 10.0 Å². The SMILES string of the molecule is CCNC(=NCCCN(C)S(=O)(=O)CC)NCCOc1ccccc1.I. The molecule has 0 spiro atoms. The van der Waals surface area contributed by atoms with Crippen LogP contribution in [0.25, 0.3) is 0 Å². The molecule has 0 aliphatic carbocycles. The topological polar surface area (TPSA) is 83.0 Å². The van der Waals surface area contributed by atoms with Crippen molar-refractivity contribution in [3.8, 4) is 5.75 Å². The lowest BCUT2D eigenvalue weighted by molar-refractivity contribution is 0.322. The van der Waals surface area contributed by atoms with Crippen molar-refractivity contribution in [2.24, 2.45) is 4.99 Å². The first-order chi connectivity index (χ1) is 12.0. The third-order valence-electron chi connectivity index (χ3n) is 3.49. The van der Waals surface area contributed by atoms with Crippen LogP contribution in [0.4, 0.5) is 0 Å². The second-order valence-electron chi connectivity index (χ2n) is 5.42. The summed E-state index contributed by atoms with van der Waals surface area (Å²) >= 11 is 0. The van der Waals surface area contributed by atoms with Gasteiger partial charge in [-0.15, -0.1) is 24.0 Å². The quantitative estimate of drug-likeness (QED) is 0.211. The number of nitrogens with one attached hydrogen (secondary N) is 2. The van der Waals surface area contributed by atoms with Crippen molar-refractivity contribution in [2.45, 2.75) is 20.3 Å². The van der Waals surface area contributed by atoms with Crippen LogP contribution in [0.5, 0.6) is 5.75 Å². The second-order valence-corrected chi connectivity index (χ2v) is 7.79. The van der Waals surface area contributed by atoms with E-state index in [0.29, 0.717) is 38.6 Å². The van der Waals surface area contributed by atoms with E-state index in [1.54, 1.807) is 14.0 Å². The maximum absolute atomic E-state index is 11.7. The minimum atomic E-state index is -3.12. The number of ether oxygens (including phenoxy) is 1. The Hall–Kier alpha value is -1.07. The van der Waals surface area contributed by atoms with E-state index in [0.717, 1.165) is 12.3 Å². The molecule has 0 aliphatic rings. The number of sulfonamides is 1. The van der Waals surface area contributed by atoms with Crippen LogP contribution in [0.1, 0.15) is 20.3 Å². The third-order valence-corrected chi connectivity index (χ3v) is 5.35. The summed E-state index contributed by atoms with van der Waals surface area (Å²) in [5.74, 6) is 1.67. The van der Waals surface area contributed by atoms with E-state index < -0.39 is 10.0 Å². The molecule has 26 heavy (non-hydrogen) atoms. The zero-order valence-electron chi connectivity index (χ0n) is 15.8. The van der Waals surface area contributed by atoms with Crippen LogP contribution >= 0.6 is 24.0 Å². The van der Waals surface area contributed by atoms with Crippen LogP contribution in [-0.4, -0.2) is 64.3 Å². The summed E-state index contributed by atoms with van der Waals surface area (Å²) in [4.78, 5) is 4.46. The Balaban J connectivity index is 0.00000625. The van der Waals surface area contributed by atoms with Crippen molar-refractivity contribution in [1.29, 1.82) is 0 Å². The molecule has 0 radical (unpaired) electrons. The van der Waals surface area contributed by atoms with E-state index in [4.69, 9.17) is 4.74 Å². The summed E-state index contributed by atoms with van der Waals surface area (Å²) in [7, 11) is -1.51. The highest BCUT2D eigenvalue weighted by molar-refractivity contribution is 14.0. The molecule has 0 atom stereocenters. The summed E-state index contributed by atoms with van der Waals surface area (Å²) in [5, 5.41) is 6.36. The summed E-state index contributed by atoms with van der Waals surface area (Å²) in [6, 6.07) is 9.65. The fourth-order valence-corrected chi connectivity index (χ4v) is 2.89. The number of aliphatic imine (C=N–C) groups is 1. The van der Waals surface area contributed by atoms with Crippen LogP contribution in [0.15, 0.2) is 35.3 Å². The first-order valence-corrected chi connectivity index (χ1v) is 10.2. The molecule has 1 aromatic rings. The Morgan fingerprint density at radius 2 is 1.88 bits per heavy atom. The lowest BCUT2D eigenvalue weighted by atomic mass is 10.3. The van der Waals surface area contributed by atoms with E-state index in [-0.39, 0.29) is 29.7 Å². The Morgan fingerprint density at radius 3 is 2.50 bits per heavy atom. The fraction of sp³-hybridized carbons (Fsp3) is 0.588. The van der Waals surface area contributed by atoms with Crippen LogP contribution in [0, 0.1) is 0 Å². The molecule has 0 aromatic heterocycles. The highest BCUT2D eigenvalue weighted by atomic mass is 127. The van der Waals surface area contributed by atoms with E-state index in [2.05, 4.69) is 15.6 Å². The fourth-order valence-electron chi connectivity index (χ4n) is 2.04. The average Bonchev–Trinajstić information content (AvgIpc) is 2.62. The minimum Gasteiger partial charge on any atom is -0.492 e. The molecule has 1 rings (SSSR count). The Morgan fingerprint density at radius 1 is 1.19 bits per heavy atom. The van der Waals surface area contributed by atoms with Gasteiger partial charge in [0.25, 0.3) is 0 Å². The van der Waals surface area contributed by atoms with Gasteiger partial charge in [-0.3, -0.25) is 4.99 Å². The molecule has 0 saturated carbocycles. The Bertz CT molecular complexity index is 612. The molecule has 0 bridgehead atoms. The molecule has 0 heterocycles. The molecule has 2 N–H and O–H groups in total. The zero-order valence-corrected chi connectivity index (χ0v) is 18.9. The highest BCUT2D eigenvalue weighted by Gasteiger charge is 2.13. The van der Waals surface area contributed by atoms with Crippen LogP contribution in [0.3, 0.4) is 0 Å². The molecule has 1 aromatic carbocycles. The lowest BCUT2D eigenvalue weighted by Gasteiger charge is -2.15. The van der Waals surface area contributed by atoms with Crippen molar-refractivity contribution in [1.82, 2.24) is 14.9 Å². The number of guanidine groups is 1. The number of hydrogen-bond donors (Lipinski definition) is 2. The van der Waals surface area contributed by atoms with Gasteiger partial charge in [0.1, 0.15) is 12.4 Å². The van der Waals surface area contributed by atoms with E-state index in [9.17, 15) is 8.42 Å². The van der Waals surface area contributed by atoms with Gasteiger partial charge in [-0.05, 0) is 32.4 Å². The average molecular weight is 498 g/mol. The Labute approximate surface area is 174 Å². The molecule has 0 fully saturated rings. The van der Waals surface area contributed by atoms with E-state index in [1.807, 2.05) is 37.3 Å². The molecule has 0 unspecified atom stereocenters. The number of para-hydroxylation sites is 1. The van der Waals surface area contributed by atoms with Gasteiger partial charge >= 0.3 is 0 Å². The largest absolute Gasteiger partial charge is 0.492 e. The van der Waals surface area contributed by atoms with Crippen LogP contribution < -0.4 is 15.4 Å². The van der Waals surface area contributed by atoms with Gasteiger partial charge in [0, 0.05) is 26.7 Å². The van der Waals surface area contributed by atoms with Gasteiger partial charge in [0.05, 0.1) is 12.3 Å². The molecule has 0 amide bonds. The van der Waals surface area contributed by atoms with Crippen LogP contribution in [-0.2, 0) is 10.0 Å². The Kier molecular flexibility index (Phi) is 13.5. The second kappa shape index (κ2) is 14.0. The van der Waals surface area contributed by atoms with Crippen molar-refractivity contribution in [3.05, 3.63) is 30.3 Å². The lowest BCUT2D eigenvalue weighted by Crippen LogP contribution is -2.39. The van der Waals surface area contributed by atoms with Gasteiger partial charge in [-0.25, -0.2) is 12.7 Å². The van der Waals surface area contributed by atoms with Crippen molar-refractivity contribution >= 4 is 40.0 Å². The van der Waals surface area contributed by atoms with Crippen molar-refractivity contribution in [2.75, 3.05) is 45.6 Å². The third kappa shape index (κ3) is 10.2. The molecule has 0 saturated heterocycles. The van der Waals surface area contributed by atoms with E-state index >= 15 is 0 Å². The molecular formula is C17H31IN4O3S. The summed E-state index contributed by atoms with van der Waals surface area (Å²) < 4.78 is 30.4. The molecular weight excluding hydrogens is 467 g/mol. The number of nitrogens with zero attached hydrogens (tertiary/aromatic N) is 2. The molecule has 7 nitrogen and oxygen atoms in total. The summed E-state index contributed by atoms with van der Waals surface area (Å²) in [6.45, 7) is 6.59. The summed E-state index contributed by atoms with van der Waals surface area (Å²) in [6.07, 6.45) is 0.673. The number of hydrogen-bond acceptors (Lipinski definition) is 4. The molecule has 9 heteroatoms. The summed E-state index contributed by atoms with van der Waals surface area (Å²) in [5.41, 5.74) is 0. The first kappa shape index (κ1) is 24.9. The zero-order chi connectivity index (χ0) is 18.5. The number of rotatable bonds is 11. The maximum atomic E-state index is 11.7. The molecule has 0 aliphatic heterocycles. The molecule has 150 valence electrons. The predicted molar refractivity (Wildman–Crippen MR) is 118 cm³/mol. The van der Waals surface area contributed by atoms with Gasteiger partial charge in [-0.2, -0.15) is 0 Å². The maximum Gasteiger partial charge on any atom is 0.213 e. The van der Waals surface area contributed by atoms with Gasteiger partial charge in [0.15, 0.2) is 5.96 Å². The van der Waals surface area contributed by atoms with Gasteiger partial charge < -0.3 is 15.4 Å². The normalized spacial score (nSPS) is 11.8. The predicted octanol–water partition coefficient (Wildman–Crippen LogP) is 1.91. The standard InChI is InChI=1S/C17H30N4O3S.HI/c1-4-18-17(19-12-9-14-21(3)25(22,23)5-2)20-13-15-24-16-10-7-6-8-11-16;/h6-8,10-11H,4-5,9,12-15H2,1-3H3,(H2,18,19,20);1H. The van der Waals surface area contributed by atoms with Gasteiger partial charge in [-0.1, -0.05) is 18.2 Å². The number of benzene rings is 1.